The molecule has 1 heterocycles. The first kappa shape index (κ1) is 8.31. The lowest BCUT2D eigenvalue weighted by atomic mass is 10.3. The van der Waals surface area contributed by atoms with Crippen LogP contribution in [0.25, 0.3) is 5.69 Å². The Morgan fingerprint density at radius 2 is 2.00 bits per heavy atom. The summed E-state index contributed by atoms with van der Waals surface area (Å²) < 4.78 is 2.43. The van der Waals surface area contributed by atoms with E-state index in [0.29, 0.717) is 5.69 Å². The second-order valence-electron chi connectivity index (χ2n) is 2.55. The molecule has 3 nitrogen and oxygen atoms in total. The van der Waals surface area contributed by atoms with E-state index in [1.807, 2.05) is 12.1 Å². The molecule has 66 valence electrons. The third kappa shape index (κ3) is 1.45. The van der Waals surface area contributed by atoms with Crippen LogP contribution in [0.15, 0.2) is 41.1 Å². The Morgan fingerprint density at radius 3 is 2.62 bits per heavy atom. The van der Waals surface area contributed by atoms with Crippen LogP contribution in [0.5, 0.6) is 5.75 Å². The molecule has 1 aromatic heterocycles. The Labute approximate surface area is 83.8 Å². The molecule has 0 atom stereocenters. The van der Waals surface area contributed by atoms with Gasteiger partial charge in [0.25, 0.3) is 0 Å². The highest BCUT2D eigenvalue weighted by Crippen LogP contribution is 2.23. The Morgan fingerprint density at radius 1 is 1.23 bits per heavy atom. The topological polar surface area (TPSA) is 38.0 Å². The second kappa shape index (κ2) is 3.22. The summed E-state index contributed by atoms with van der Waals surface area (Å²) in [5.74, 6) is 0.215. The molecule has 0 radical (unpaired) electrons. The number of benzene rings is 1. The summed E-state index contributed by atoms with van der Waals surface area (Å²) in [5, 5.41) is 13.6. The van der Waals surface area contributed by atoms with Gasteiger partial charge in [-0.2, -0.15) is 5.10 Å². The fourth-order valence-electron chi connectivity index (χ4n) is 1.11. The molecule has 2 rings (SSSR count). The van der Waals surface area contributed by atoms with E-state index < -0.39 is 0 Å². The van der Waals surface area contributed by atoms with Gasteiger partial charge in [0.05, 0.1) is 6.20 Å². The maximum atomic E-state index is 9.53. The molecule has 4 heteroatoms. The summed E-state index contributed by atoms with van der Waals surface area (Å²) >= 11 is 3.33. The van der Waals surface area contributed by atoms with Crippen molar-refractivity contribution in [1.29, 1.82) is 0 Å². The van der Waals surface area contributed by atoms with E-state index in [2.05, 4.69) is 21.0 Å². The minimum Gasteiger partial charge on any atom is -0.506 e. The molecule has 0 aliphatic carbocycles. The summed E-state index contributed by atoms with van der Waals surface area (Å²) in [7, 11) is 0. The fraction of sp³-hybridized carbons (Fsp3) is 0. The molecular formula is C9H7BrN2O. The van der Waals surface area contributed by atoms with Crippen LogP contribution >= 0.6 is 15.9 Å². The number of halogens is 1. The van der Waals surface area contributed by atoms with Gasteiger partial charge >= 0.3 is 0 Å². The number of para-hydroxylation sites is 2. The van der Waals surface area contributed by atoms with E-state index in [-0.39, 0.29) is 5.75 Å². The van der Waals surface area contributed by atoms with Crippen molar-refractivity contribution in [2.75, 3.05) is 0 Å². The molecule has 0 aliphatic rings. The molecule has 0 amide bonds. The van der Waals surface area contributed by atoms with E-state index in [9.17, 15) is 5.11 Å². The molecule has 0 unspecified atom stereocenters. The first-order chi connectivity index (χ1) is 6.29. The van der Waals surface area contributed by atoms with Crippen LogP contribution in [0.3, 0.4) is 0 Å². The normalized spacial score (nSPS) is 10.2. The van der Waals surface area contributed by atoms with Crippen LogP contribution in [-0.2, 0) is 0 Å². The Kier molecular flexibility index (Phi) is 2.06. The van der Waals surface area contributed by atoms with Gasteiger partial charge in [-0.1, -0.05) is 12.1 Å². The summed E-state index contributed by atoms with van der Waals surface area (Å²) in [6.07, 6.45) is 1.66. The minimum atomic E-state index is 0.215. The van der Waals surface area contributed by atoms with Gasteiger partial charge < -0.3 is 5.11 Å². The zero-order valence-corrected chi connectivity index (χ0v) is 8.27. The summed E-state index contributed by atoms with van der Waals surface area (Å²) in [5.41, 5.74) is 0.666. The molecule has 0 saturated heterocycles. The number of phenols is 1. The third-order valence-corrected chi connectivity index (χ3v) is 2.31. The van der Waals surface area contributed by atoms with Crippen LogP contribution in [0.2, 0.25) is 0 Å². The largest absolute Gasteiger partial charge is 0.506 e. The van der Waals surface area contributed by atoms with E-state index in [0.717, 1.165) is 4.60 Å². The van der Waals surface area contributed by atoms with Crippen molar-refractivity contribution in [2.45, 2.75) is 0 Å². The Balaban J connectivity index is 2.59. The van der Waals surface area contributed by atoms with Gasteiger partial charge in [0.1, 0.15) is 16.0 Å². The van der Waals surface area contributed by atoms with Gasteiger partial charge in [0.15, 0.2) is 0 Å². The lowest BCUT2D eigenvalue weighted by Gasteiger charge is -2.04. The minimum absolute atomic E-state index is 0.215. The van der Waals surface area contributed by atoms with E-state index in [1.54, 1.807) is 29.1 Å². The second-order valence-corrected chi connectivity index (χ2v) is 3.37. The van der Waals surface area contributed by atoms with Crippen LogP contribution < -0.4 is 0 Å². The highest BCUT2D eigenvalue weighted by Gasteiger charge is 2.05. The summed E-state index contributed by atoms with van der Waals surface area (Å²) in [6, 6.07) is 8.86. The van der Waals surface area contributed by atoms with Gasteiger partial charge in [-0.05, 0) is 34.1 Å². The van der Waals surface area contributed by atoms with E-state index in [4.69, 9.17) is 0 Å². The zero-order chi connectivity index (χ0) is 9.26. The standard InChI is InChI=1S/C9H7BrN2O/c10-9-5-6-11-12(9)7-3-1-2-4-8(7)13/h1-6,13H. The molecule has 0 aliphatic heterocycles. The quantitative estimate of drug-likeness (QED) is 0.829. The number of hydrogen-bond acceptors (Lipinski definition) is 2. The number of rotatable bonds is 1. The average molecular weight is 239 g/mol. The van der Waals surface area contributed by atoms with E-state index >= 15 is 0 Å². The highest BCUT2D eigenvalue weighted by atomic mass is 79.9. The average Bonchev–Trinajstić information content (AvgIpc) is 2.52. The third-order valence-electron chi connectivity index (χ3n) is 1.71. The molecule has 13 heavy (non-hydrogen) atoms. The maximum Gasteiger partial charge on any atom is 0.141 e. The molecule has 0 fully saturated rings. The van der Waals surface area contributed by atoms with Crippen LogP contribution in [0.1, 0.15) is 0 Å². The van der Waals surface area contributed by atoms with Crippen molar-refractivity contribution in [2.24, 2.45) is 0 Å². The van der Waals surface area contributed by atoms with Crippen molar-refractivity contribution in [3.8, 4) is 11.4 Å². The lowest BCUT2D eigenvalue weighted by Crippen LogP contribution is -1.95. The van der Waals surface area contributed by atoms with Gasteiger partial charge in [0, 0.05) is 0 Å². The highest BCUT2D eigenvalue weighted by molar-refractivity contribution is 9.10. The fourth-order valence-corrected chi connectivity index (χ4v) is 1.51. The molecule has 0 spiro atoms. The van der Waals surface area contributed by atoms with Gasteiger partial charge in [-0.3, -0.25) is 0 Å². The summed E-state index contributed by atoms with van der Waals surface area (Å²) in [4.78, 5) is 0. The number of nitrogens with zero attached hydrogens (tertiary/aromatic N) is 2. The van der Waals surface area contributed by atoms with Crippen LogP contribution in [0, 0.1) is 0 Å². The zero-order valence-electron chi connectivity index (χ0n) is 6.68. The maximum absolute atomic E-state index is 9.53. The van der Waals surface area contributed by atoms with Crippen LogP contribution in [-0.4, -0.2) is 14.9 Å². The van der Waals surface area contributed by atoms with Crippen molar-refractivity contribution >= 4 is 15.9 Å². The predicted octanol–water partition coefficient (Wildman–Crippen LogP) is 2.34. The van der Waals surface area contributed by atoms with Crippen molar-refractivity contribution in [3.05, 3.63) is 41.1 Å². The number of aromatic nitrogens is 2. The van der Waals surface area contributed by atoms with Gasteiger partial charge in [-0.15, -0.1) is 0 Å². The SMILES string of the molecule is Oc1ccccc1-n1nccc1Br. The molecule has 2 aromatic rings. The van der Waals surface area contributed by atoms with Crippen molar-refractivity contribution in [1.82, 2.24) is 9.78 Å². The van der Waals surface area contributed by atoms with Crippen molar-refractivity contribution < 1.29 is 5.11 Å². The van der Waals surface area contributed by atoms with Gasteiger partial charge in [0.2, 0.25) is 0 Å². The number of phenolic OH excluding ortho intramolecular Hbond substituents is 1. The Bertz CT molecular complexity index is 425. The molecule has 0 saturated carbocycles. The first-order valence-corrected chi connectivity index (χ1v) is 4.56. The number of aromatic hydroxyl groups is 1. The van der Waals surface area contributed by atoms with E-state index in [1.165, 1.54) is 0 Å². The van der Waals surface area contributed by atoms with Crippen molar-refractivity contribution in [3.63, 3.8) is 0 Å². The molecule has 1 aromatic carbocycles. The van der Waals surface area contributed by atoms with Crippen LogP contribution in [0.4, 0.5) is 0 Å². The molecule has 1 N–H and O–H groups in total. The number of hydrogen-bond donors (Lipinski definition) is 1. The monoisotopic (exact) mass is 238 g/mol. The molecule has 0 bridgehead atoms. The predicted molar refractivity (Wildman–Crippen MR) is 52.9 cm³/mol. The molecular weight excluding hydrogens is 232 g/mol. The lowest BCUT2D eigenvalue weighted by molar-refractivity contribution is 0.470. The van der Waals surface area contributed by atoms with Gasteiger partial charge in [-0.25, -0.2) is 4.68 Å². The summed E-state index contributed by atoms with van der Waals surface area (Å²) in [6.45, 7) is 0. The smallest absolute Gasteiger partial charge is 0.141 e. The first-order valence-electron chi connectivity index (χ1n) is 3.77. The Hall–Kier alpha value is -1.29.